The molecule has 0 aliphatic carbocycles. The third-order valence-corrected chi connectivity index (χ3v) is 5.14. The first-order chi connectivity index (χ1) is 10.6. The molecule has 1 N–H and O–H groups in total. The molecule has 4 nitrogen and oxygen atoms in total. The van der Waals surface area contributed by atoms with Crippen molar-refractivity contribution < 1.29 is 4.79 Å². The minimum atomic E-state index is -0.237. The maximum atomic E-state index is 12.3. The highest BCUT2D eigenvalue weighted by molar-refractivity contribution is 8.00. The normalized spacial score (nSPS) is 12.3. The summed E-state index contributed by atoms with van der Waals surface area (Å²) in [5.41, 5.74) is 1.98. The number of benzene rings is 1. The molecule has 1 aromatic carbocycles. The second-order valence-electron chi connectivity index (χ2n) is 4.93. The van der Waals surface area contributed by atoms with Gasteiger partial charge in [-0.1, -0.05) is 29.5 Å². The summed E-state index contributed by atoms with van der Waals surface area (Å²) >= 11 is 3.03. The maximum Gasteiger partial charge on any atom is 0.237 e. The quantitative estimate of drug-likeness (QED) is 0.578. The number of carbonyl (C=O) groups is 1. The van der Waals surface area contributed by atoms with E-state index in [1.807, 2.05) is 49.6 Å². The third-order valence-electron chi connectivity index (χ3n) is 3.20. The topological polar surface area (TPSA) is 54.9 Å². The summed E-state index contributed by atoms with van der Waals surface area (Å²) in [7, 11) is 0. The zero-order chi connectivity index (χ0) is 15.5. The Labute approximate surface area is 137 Å². The molecule has 0 unspecified atom stereocenters. The molecule has 112 valence electrons. The van der Waals surface area contributed by atoms with Crippen molar-refractivity contribution in [1.82, 2.24) is 9.97 Å². The van der Waals surface area contributed by atoms with E-state index < -0.39 is 0 Å². The zero-order valence-corrected chi connectivity index (χ0v) is 13.9. The summed E-state index contributed by atoms with van der Waals surface area (Å²) in [5, 5.41) is 6.53. The third kappa shape index (κ3) is 3.28. The van der Waals surface area contributed by atoms with Crippen LogP contribution < -0.4 is 5.32 Å². The molecule has 0 fully saturated rings. The summed E-state index contributed by atoms with van der Waals surface area (Å²) in [6.45, 7) is 3.90. The second kappa shape index (κ2) is 6.46. The van der Waals surface area contributed by atoms with Crippen molar-refractivity contribution in [1.29, 1.82) is 0 Å². The number of aryl methyl sites for hydroxylation is 1. The Kier molecular flexibility index (Phi) is 4.40. The van der Waals surface area contributed by atoms with Crippen LogP contribution in [0.4, 0.5) is 5.69 Å². The fourth-order valence-electron chi connectivity index (χ4n) is 1.96. The average molecular weight is 329 g/mol. The highest BCUT2D eigenvalue weighted by atomic mass is 32.2. The number of aromatic nitrogens is 2. The summed E-state index contributed by atoms with van der Waals surface area (Å²) in [5.74, 6) is -0.0316. The number of nitrogens with zero attached hydrogens (tertiary/aromatic N) is 2. The standard InChI is InChI=1S/C16H15N3OS2/c1-10-3-5-12(6-4-10)19-14(20)11(2)22-16-13-7-8-21-15(13)17-9-18-16/h3-9,11H,1-2H3,(H,19,20)/t11-/m1/s1. The van der Waals surface area contributed by atoms with Crippen LogP contribution in [0.5, 0.6) is 0 Å². The van der Waals surface area contributed by atoms with E-state index in [9.17, 15) is 4.79 Å². The second-order valence-corrected chi connectivity index (χ2v) is 7.16. The maximum absolute atomic E-state index is 12.3. The molecule has 0 spiro atoms. The van der Waals surface area contributed by atoms with E-state index in [4.69, 9.17) is 0 Å². The van der Waals surface area contributed by atoms with Crippen LogP contribution in [0.3, 0.4) is 0 Å². The number of rotatable bonds is 4. The molecule has 1 amide bonds. The first kappa shape index (κ1) is 15.0. The molecule has 0 saturated carbocycles. The van der Waals surface area contributed by atoms with Crippen molar-refractivity contribution in [2.45, 2.75) is 24.1 Å². The van der Waals surface area contributed by atoms with Crippen LogP contribution in [0.2, 0.25) is 0 Å². The van der Waals surface area contributed by atoms with Crippen LogP contribution >= 0.6 is 23.1 Å². The monoisotopic (exact) mass is 329 g/mol. The van der Waals surface area contributed by atoms with Gasteiger partial charge in [0.2, 0.25) is 5.91 Å². The van der Waals surface area contributed by atoms with Crippen molar-refractivity contribution in [2.24, 2.45) is 0 Å². The number of nitrogens with one attached hydrogen (secondary N) is 1. The van der Waals surface area contributed by atoms with Gasteiger partial charge >= 0.3 is 0 Å². The number of thioether (sulfide) groups is 1. The number of carbonyl (C=O) groups excluding carboxylic acids is 1. The highest BCUT2D eigenvalue weighted by Gasteiger charge is 2.17. The molecule has 1 atom stereocenters. The van der Waals surface area contributed by atoms with E-state index in [2.05, 4.69) is 15.3 Å². The van der Waals surface area contributed by atoms with Gasteiger partial charge in [-0.15, -0.1) is 11.3 Å². The van der Waals surface area contributed by atoms with Crippen LogP contribution in [0.25, 0.3) is 10.2 Å². The molecular weight excluding hydrogens is 314 g/mol. The SMILES string of the molecule is Cc1ccc(NC(=O)[C@@H](C)Sc2ncnc3sccc23)cc1. The molecular formula is C16H15N3OS2. The van der Waals surface area contributed by atoms with Crippen molar-refractivity contribution in [3.05, 3.63) is 47.6 Å². The smallest absolute Gasteiger partial charge is 0.237 e. The van der Waals surface area contributed by atoms with Gasteiger partial charge in [-0.05, 0) is 37.4 Å². The van der Waals surface area contributed by atoms with Crippen LogP contribution in [-0.2, 0) is 4.79 Å². The Morgan fingerprint density at radius 2 is 2.00 bits per heavy atom. The Hall–Kier alpha value is -1.92. The average Bonchev–Trinajstić information content (AvgIpc) is 2.99. The number of amides is 1. The minimum Gasteiger partial charge on any atom is -0.325 e. The van der Waals surface area contributed by atoms with Crippen molar-refractivity contribution in [3.8, 4) is 0 Å². The molecule has 6 heteroatoms. The van der Waals surface area contributed by atoms with E-state index >= 15 is 0 Å². The Bertz CT molecular complexity index is 799. The number of fused-ring (bicyclic) bond motifs is 1. The van der Waals surface area contributed by atoms with Crippen molar-refractivity contribution in [2.75, 3.05) is 5.32 Å². The summed E-state index contributed by atoms with van der Waals surface area (Å²) in [6.07, 6.45) is 1.55. The fourth-order valence-corrected chi connectivity index (χ4v) is 3.66. The van der Waals surface area contributed by atoms with Gasteiger partial charge in [-0.25, -0.2) is 9.97 Å². The Balaban J connectivity index is 1.71. The predicted molar refractivity (Wildman–Crippen MR) is 92.5 cm³/mol. The van der Waals surface area contributed by atoms with Crippen molar-refractivity contribution in [3.63, 3.8) is 0 Å². The molecule has 3 aromatic rings. The lowest BCUT2D eigenvalue weighted by Crippen LogP contribution is -2.22. The van der Waals surface area contributed by atoms with Gasteiger partial charge in [0.1, 0.15) is 16.2 Å². The molecule has 3 rings (SSSR count). The van der Waals surface area contributed by atoms with Gasteiger partial charge < -0.3 is 5.32 Å². The number of hydrogen-bond acceptors (Lipinski definition) is 5. The van der Waals surface area contributed by atoms with E-state index in [-0.39, 0.29) is 11.2 Å². The number of anilines is 1. The molecule has 2 aromatic heterocycles. The zero-order valence-electron chi connectivity index (χ0n) is 12.2. The van der Waals surface area contributed by atoms with Gasteiger partial charge in [0.25, 0.3) is 0 Å². The molecule has 0 aliphatic rings. The van der Waals surface area contributed by atoms with Crippen molar-refractivity contribution >= 4 is 44.9 Å². The van der Waals surface area contributed by atoms with E-state index in [1.54, 1.807) is 17.7 Å². The van der Waals surface area contributed by atoms with Gasteiger partial charge in [0, 0.05) is 11.1 Å². The van der Waals surface area contributed by atoms with E-state index in [0.717, 1.165) is 20.9 Å². The Morgan fingerprint density at radius 3 is 2.77 bits per heavy atom. The first-order valence-electron chi connectivity index (χ1n) is 6.86. The molecule has 0 aliphatic heterocycles. The lowest BCUT2D eigenvalue weighted by atomic mass is 10.2. The predicted octanol–water partition coefficient (Wildman–Crippen LogP) is 4.12. The summed E-state index contributed by atoms with van der Waals surface area (Å²) < 4.78 is 0. The highest BCUT2D eigenvalue weighted by Crippen LogP contribution is 2.30. The summed E-state index contributed by atoms with van der Waals surface area (Å²) in [6, 6.07) is 9.77. The van der Waals surface area contributed by atoms with Crippen LogP contribution in [-0.4, -0.2) is 21.1 Å². The van der Waals surface area contributed by atoms with E-state index in [1.165, 1.54) is 17.3 Å². The van der Waals surface area contributed by atoms with Gasteiger partial charge in [0.05, 0.1) is 5.25 Å². The Morgan fingerprint density at radius 1 is 1.23 bits per heavy atom. The number of thiophene rings is 1. The summed E-state index contributed by atoms with van der Waals surface area (Å²) in [4.78, 5) is 21.8. The van der Waals surface area contributed by atoms with Crippen LogP contribution in [0, 0.1) is 6.92 Å². The first-order valence-corrected chi connectivity index (χ1v) is 8.62. The number of hydrogen-bond donors (Lipinski definition) is 1. The molecule has 2 heterocycles. The van der Waals surface area contributed by atoms with Crippen LogP contribution in [0.1, 0.15) is 12.5 Å². The lowest BCUT2D eigenvalue weighted by Gasteiger charge is -2.12. The lowest BCUT2D eigenvalue weighted by molar-refractivity contribution is -0.115. The largest absolute Gasteiger partial charge is 0.325 e. The van der Waals surface area contributed by atoms with E-state index in [0.29, 0.717) is 0 Å². The van der Waals surface area contributed by atoms with Crippen LogP contribution in [0.15, 0.2) is 47.1 Å². The van der Waals surface area contributed by atoms with Gasteiger partial charge in [0.15, 0.2) is 0 Å². The molecule has 22 heavy (non-hydrogen) atoms. The fraction of sp³-hybridized carbons (Fsp3) is 0.188. The molecule has 0 radical (unpaired) electrons. The van der Waals surface area contributed by atoms with Gasteiger partial charge in [-0.2, -0.15) is 0 Å². The van der Waals surface area contributed by atoms with Gasteiger partial charge in [-0.3, -0.25) is 4.79 Å². The molecule has 0 bridgehead atoms. The molecule has 0 saturated heterocycles. The minimum absolute atomic E-state index is 0.0316.